The average molecular weight is 1950 g/mol. The van der Waals surface area contributed by atoms with Crippen molar-refractivity contribution in [2.75, 3.05) is 116 Å². The number of rotatable bonds is 63. The standard InChI is InChI=1S/C85H123N23O30/c86-27-5-1-10-57(100-79(130)61(41-68(117)118)102-78(129)60(40-67(115)116)98-64(111)39-49-13-15-50(16-14-49)42-94-85(138)91-30-8-4-12-58(82(134)135)97-63(110)24-19-52(81(132)133)20-26-66(113)114)77(128)99-55(73(87)125)9-2-7-29-90-76(127)56(96-65(112)45-105-31-33-106(46-69(119)120)35-37-108(48-71(123)124)38-36-107(34-32-105)47-70(121)122)11-3-6-28-89-62(109)25-23-59(83(136)137)101-75(126)51-17-21-53(22-18-51)92-43-54-44-93-74-72(95-54)80(131)104-84(88)103-74/h13-18,21-22,44,52,55-61,92H,1-12,19-20,23-43,45-48,86H2,(H2,87,125)(H,89,109)(H,90,127)(H,96,112)(H,97,110)(H,98,111)(H,99,128)(H,100,130)(H,101,126)(H,102,129)(H,113,114)(H,115,116)(H,117,118)(H,119,120)(H,121,122)(H,123,124)(H,132,133)(H,134,135)(H,136,137)(H2,91,94,138)(H3,88,93,103,104,131)/t52-,55-,56-,57-,58-,59-,60?,61-/m0/s1. The highest BCUT2D eigenvalue weighted by Crippen LogP contribution is 2.18. The molecule has 138 heavy (non-hydrogen) atoms. The number of nitrogens with one attached hydrogen (secondary N) is 13. The molecule has 3 heterocycles. The minimum atomic E-state index is -2.03. The fourth-order valence-electron chi connectivity index (χ4n) is 14.1. The number of primary amides is 1. The van der Waals surface area contributed by atoms with E-state index in [4.69, 9.17) is 22.3 Å². The number of urea groups is 1. The molecule has 0 bridgehead atoms. The third-order valence-electron chi connectivity index (χ3n) is 21.6. The van der Waals surface area contributed by atoms with Crippen molar-refractivity contribution in [3.63, 3.8) is 0 Å². The molecule has 1 aliphatic heterocycles. The lowest BCUT2D eigenvalue weighted by Crippen LogP contribution is -2.58. The lowest BCUT2D eigenvalue weighted by atomic mass is 9.97. The van der Waals surface area contributed by atoms with Gasteiger partial charge in [-0.3, -0.25) is 106 Å². The molecule has 0 spiro atoms. The normalized spacial score (nSPS) is 14.5. The first-order valence-corrected chi connectivity index (χ1v) is 44.5. The molecular weight excluding hydrogens is 1820 g/mol. The van der Waals surface area contributed by atoms with Gasteiger partial charge in [-0.2, -0.15) is 4.98 Å². The molecule has 2 aromatic carbocycles. The van der Waals surface area contributed by atoms with Gasteiger partial charge in [0.15, 0.2) is 11.2 Å². The van der Waals surface area contributed by atoms with E-state index in [0.717, 1.165) is 0 Å². The van der Waals surface area contributed by atoms with Crippen LogP contribution >= 0.6 is 0 Å². The van der Waals surface area contributed by atoms with Crippen LogP contribution in [0.4, 0.5) is 16.4 Å². The Morgan fingerprint density at radius 3 is 1.37 bits per heavy atom. The summed E-state index contributed by atoms with van der Waals surface area (Å²) < 4.78 is 0. The molecule has 8 atom stereocenters. The number of hydrogen-bond acceptors (Lipinski definition) is 31. The number of aromatic nitrogens is 4. The summed E-state index contributed by atoms with van der Waals surface area (Å²) in [6.45, 7) is -1.06. The van der Waals surface area contributed by atoms with Gasteiger partial charge in [-0.05, 0) is 138 Å². The lowest BCUT2D eigenvalue weighted by Gasteiger charge is -2.33. The monoisotopic (exact) mass is 1950 g/mol. The number of nitrogens with two attached hydrogens (primary N) is 3. The molecule has 758 valence electrons. The number of hydrogen-bond donors (Lipinski definition) is 25. The smallest absolute Gasteiger partial charge is 0.326 e. The van der Waals surface area contributed by atoms with Gasteiger partial charge in [-0.15, -0.1) is 0 Å². The number of carbonyl (C=O) groups is 20. The lowest BCUT2D eigenvalue weighted by molar-refractivity contribution is -0.145. The van der Waals surface area contributed by atoms with Crippen molar-refractivity contribution in [3.8, 4) is 0 Å². The fraction of sp³-hybridized carbons (Fsp3) is 0.553. The Morgan fingerprint density at radius 1 is 0.399 bits per heavy atom. The zero-order valence-corrected chi connectivity index (χ0v) is 75.9. The van der Waals surface area contributed by atoms with Crippen LogP contribution in [0.5, 0.6) is 0 Å². The molecule has 28 N–H and O–H groups in total. The number of carboxylic acid groups (broad SMARTS) is 9. The van der Waals surface area contributed by atoms with Crippen LogP contribution in [-0.2, 0) is 106 Å². The molecule has 5 rings (SSSR count). The zero-order valence-electron chi connectivity index (χ0n) is 75.9. The summed E-state index contributed by atoms with van der Waals surface area (Å²) in [5, 5.41) is 117. The second kappa shape index (κ2) is 60.6. The number of fused-ring (bicyclic) bond motifs is 1. The van der Waals surface area contributed by atoms with E-state index in [1.54, 1.807) is 31.7 Å². The maximum absolute atomic E-state index is 14.2. The van der Waals surface area contributed by atoms with Gasteiger partial charge < -0.3 is 132 Å². The number of nitrogen functional groups attached to an aromatic ring is 1. The molecular formula is C85H123N23O30. The third kappa shape index (κ3) is 45.5. The van der Waals surface area contributed by atoms with Gasteiger partial charge in [0.25, 0.3) is 5.91 Å². The minimum absolute atomic E-state index is 0.0123. The molecule has 1 saturated heterocycles. The summed E-state index contributed by atoms with van der Waals surface area (Å²) in [6.07, 6.45) is -2.20. The van der Waals surface area contributed by atoms with Crippen molar-refractivity contribution < 1.29 is 142 Å². The van der Waals surface area contributed by atoms with Crippen LogP contribution < -0.4 is 86.6 Å². The quantitative estimate of drug-likeness (QED) is 0.0184. The number of aliphatic carboxylic acids is 9. The number of aromatic amines is 1. The SMILES string of the molecule is NCCCC[C@H](NC(=O)[C@H](CC(=O)O)NC(=O)C(CC(=O)O)NC(=O)Cc1ccc(CNC(=O)NCCCC[C@H](NC(=O)CC[C@@H](CCC(=O)O)C(=O)O)C(=O)O)cc1)C(=O)N[C@@H](CCCCNC(=O)[C@H](CCCCNC(=O)CC[C@H](NC(=O)c1ccc(NCc2cnc3[nH]c(N)nc(=O)c3n2)cc1)C(=O)O)NC(=O)CN1CCN(CC(=O)O)CCN(CC(=O)O)CCN(CC(=O)O)CC1)C(N)=O. The van der Waals surface area contributed by atoms with Crippen LogP contribution in [0.2, 0.25) is 0 Å². The number of carboxylic acids is 9. The van der Waals surface area contributed by atoms with E-state index in [1.807, 2.05) is 0 Å². The summed E-state index contributed by atoms with van der Waals surface area (Å²) >= 11 is 0. The van der Waals surface area contributed by atoms with Gasteiger partial charge in [0.1, 0.15) is 42.3 Å². The number of benzene rings is 2. The Kier molecular flexibility index (Phi) is 49.9. The summed E-state index contributed by atoms with van der Waals surface area (Å²) in [5.41, 5.74) is 18.4. The van der Waals surface area contributed by atoms with Crippen molar-refractivity contribution >= 4 is 142 Å². The zero-order chi connectivity index (χ0) is 102. The van der Waals surface area contributed by atoms with Crippen LogP contribution in [0, 0.1) is 5.92 Å². The van der Waals surface area contributed by atoms with E-state index < -0.39 is 224 Å². The molecule has 1 aliphatic rings. The number of carbonyl (C=O) groups excluding carboxylic acids is 11. The number of nitrogens with zero attached hydrogens (tertiary/aromatic N) is 7. The van der Waals surface area contributed by atoms with Crippen LogP contribution in [0.1, 0.15) is 156 Å². The largest absolute Gasteiger partial charge is 0.481 e. The first-order chi connectivity index (χ1) is 65.5. The van der Waals surface area contributed by atoms with E-state index in [1.165, 1.54) is 42.6 Å². The van der Waals surface area contributed by atoms with Crippen LogP contribution in [0.15, 0.2) is 59.5 Å². The minimum Gasteiger partial charge on any atom is -0.481 e. The molecule has 53 nitrogen and oxygen atoms in total. The third-order valence-corrected chi connectivity index (χ3v) is 21.6. The van der Waals surface area contributed by atoms with Gasteiger partial charge in [0.2, 0.25) is 59.1 Å². The molecule has 0 radical (unpaired) electrons. The molecule has 4 aromatic rings. The fourth-order valence-corrected chi connectivity index (χ4v) is 14.1. The molecule has 1 fully saturated rings. The Morgan fingerprint density at radius 2 is 0.848 bits per heavy atom. The average Bonchev–Trinajstić information content (AvgIpc) is 0.811. The first-order valence-electron chi connectivity index (χ1n) is 44.5. The number of amides is 12. The van der Waals surface area contributed by atoms with Crippen LogP contribution in [0.3, 0.4) is 0 Å². The molecule has 12 amide bonds. The molecule has 0 saturated carbocycles. The Hall–Kier alpha value is -14.7. The molecule has 2 aromatic heterocycles. The highest BCUT2D eigenvalue weighted by atomic mass is 16.4. The van der Waals surface area contributed by atoms with Gasteiger partial charge in [0.05, 0.1) is 69.8 Å². The predicted octanol–water partition coefficient (Wildman–Crippen LogP) is -4.97. The van der Waals surface area contributed by atoms with E-state index in [2.05, 4.69) is 83.7 Å². The Balaban J connectivity index is 1.17. The number of H-pyrrole nitrogens is 1. The van der Waals surface area contributed by atoms with Crippen molar-refractivity contribution in [1.82, 2.24) is 98.0 Å². The van der Waals surface area contributed by atoms with Crippen LogP contribution in [0.25, 0.3) is 11.2 Å². The maximum Gasteiger partial charge on any atom is 0.326 e. The highest BCUT2D eigenvalue weighted by Gasteiger charge is 2.35. The van der Waals surface area contributed by atoms with Crippen molar-refractivity contribution in [2.24, 2.45) is 17.4 Å². The molecule has 0 aliphatic carbocycles. The van der Waals surface area contributed by atoms with Crippen LogP contribution in [-0.4, -0.2) is 351 Å². The van der Waals surface area contributed by atoms with E-state index >= 15 is 0 Å². The second-order valence-corrected chi connectivity index (χ2v) is 32.6. The predicted molar refractivity (Wildman–Crippen MR) is 484 cm³/mol. The first kappa shape index (κ1) is 114. The second-order valence-electron chi connectivity index (χ2n) is 32.6. The number of unbranched alkanes of at least 4 members (excludes halogenated alkanes) is 4. The van der Waals surface area contributed by atoms with Crippen molar-refractivity contribution in [2.45, 2.75) is 190 Å². The Bertz CT molecular complexity index is 4880. The van der Waals surface area contributed by atoms with Gasteiger partial charge >= 0.3 is 65.3 Å². The van der Waals surface area contributed by atoms with Gasteiger partial charge in [-0.1, -0.05) is 24.3 Å². The van der Waals surface area contributed by atoms with Crippen molar-refractivity contribution in [1.29, 1.82) is 0 Å². The van der Waals surface area contributed by atoms with E-state index in [9.17, 15) is 142 Å². The van der Waals surface area contributed by atoms with Gasteiger partial charge in [0, 0.05) is 109 Å². The summed E-state index contributed by atoms with van der Waals surface area (Å²) in [7, 11) is 0. The topological polar surface area (TPSA) is 830 Å². The maximum atomic E-state index is 14.2. The van der Waals surface area contributed by atoms with Gasteiger partial charge in [-0.25, -0.2) is 24.4 Å². The van der Waals surface area contributed by atoms with E-state index in [0.29, 0.717) is 22.5 Å². The molecule has 1 unspecified atom stereocenters. The summed E-state index contributed by atoms with van der Waals surface area (Å²) in [6, 6.07) is 0.252. The van der Waals surface area contributed by atoms with E-state index in [-0.39, 0.29) is 223 Å². The Labute approximate surface area is 789 Å². The summed E-state index contributed by atoms with van der Waals surface area (Å²) in [4.78, 5) is 288. The highest BCUT2D eigenvalue weighted by molar-refractivity contribution is 5.99. The molecule has 53 heteroatoms. The van der Waals surface area contributed by atoms with Crippen molar-refractivity contribution in [3.05, 3.63) is 87.5 Å². The summed E-state index contributed by atoms with van der Waals surface area (Å²) in [5.74, 6) is -22.4. The number of anilines is 2.